The van der Waals surface area contributed by atoms with Crippen molar-refractivity contribution in [2.75, 3.05) is 26.2 Å². The van der Waals surface area contributed by atoms with E-state index in [1.807, 2.05) is 46.2 Å². The predicted octanol–water partition coefficient (Wildman–Crippen LogP) is 6.45. The van der Waals surface area contributed by atoms with Crippen molar-refractivity contribution in [1.29, 1.82) is 0 Å². The lowest BCUT2D eigenvalue weighted by Gasteiger charge is -2.33. The van der Waals surface area contributed by atoms with Gasteiger partial charge in [-0.05, 0) is 98.4 Å². The highest BCUT2D eigenvalue weighted by Crippen LogP contribution is 2.39. The quantitative estimate of drug-likeness (QED) is 0.173. The summed E-state index contributed by atoms with van der Waals surface area (Å²) in [7, 11) is 0. The summed E-state index contributed by atoms with van der Waals surface area (Å²) in [6, 6.07) is 0.368. The number of carbonyl (C=O) groups excluding carboxylic acids is 2. The molecule has 1 aromatic rings. The molecule has 2 aliphatic carbocycles. The van der Waals surface area contributed by atoms with E-state index in [0.717, 1.165) is 31.6 Å². The van der Waals surface area contributed by atoms with E-state index in [4.69, 9.17) is 21.4 Å². The van der Waals surface area contributed by atoms with Gasteiger partial charge >= 0.3 is 12.2 Å². The van der Waals surface area contributed by atoms with Crippen molar-refractivity contribution in [2.24, 2.45) is 11.0 Å². The Balaban J connectivity index is 0.000000203. The monoisotopic (exact) mass is 584 g/mol. The first-order chi connectivity index (χ1) is 19.8. The molecule has 2 saturated heterocycles. The van der Waals surface area contributed by atoms with Gasteiger partial charge in [0.2, 0.25) is 0 Å². The van der Waals surface area contributed by atoms with Crippen LogP contribution in [0.1, 0.15) is 111 Å². The lowest BCUT2D eigenvalue weighted by molar-refractivity contribution is 0.0180. The molecule has 0 N–H and O–H groups in total. The van der Waals surface area contributed by atoms with E-state index >= 15 is 0 Å². The van der Waals surface area contributed by atoms with Gasteiger partial charge in [-0.15, -0.1) is 17.4 Å². The number of nitrogens with zero attached hydrogens (tertiary/aromatic N) is 8. The molecule has 0 unspecified atom stereocenters. The molecule has 0 aromatic carbocycles. The summed E-state index contributed by atoms with van der Waals surface area (Å²) >= 11 is 0. The average Bonchev–Trinajstić information content (AvgIpc) is 3.87. The van der Waals surface area contributed by atoms with Gasteiger partial charge in [0.15, 0.2) is 0 Å². The SMILES string of the molecule is C#CC1CC1.CC(C)(C)OC(=O)N1CCC(N=[N+]=[N-])CC1.CC(C)(C)OC(=O)N1CCC(n2cc(C3CC3)nn2)CC1. The maximum Gasteiger partial charge on any atom is 0.410 e. The summed E-state index contributed by atoms with van der Waals surface area (Å²) in [6.07, 6.45) is 14.9. The minimum absolute atomic E-state index is 0.0173. The van der Waals surface area contributed by atoms with Gasteiger partial charge in [-0.1, -0.05) is 10.3 Å². The number of aromatic nitrogens is 3. The Morgan fingerprint density at radius 1 is 0.905 bits per heavy atom. The van der Waals surface area contributed by atoms with Gasteiger partial charge < -0.3 is 19.3 Å². The predicted molar refractivity (Wildman–Crippen MR) is 160 cm³/mol. The van der Waals surface area contributed by atoms with Crippen LogP contribution in [0.2, 0.25) is 0 Å². The molecule has 12 nitrogen and oxygen atoms in total. The molecule has 2 saturated carbocycles. The van der Waals surface area contributed by atoms with E-state index < -0.39 is 11.2 Å². The number of hydrogen-bond acceptors (Lipinski definition) is 7. The van der Waals surface area contributed by atoms with Crippen LogP contribution in [0.4, 0.5) is 9.59 Å². The van der Waals surface area contributed by atoms with Gasteiger partial charge in [0.1, 0.15) is 11.2 Å². The van der Waals surface area contributed by atoms with Gasteiger partial charge in [0.05, 0.1) is 11.7 Å². The first-order valence-electron chi connectivity index (χ1n) is 15.2. The van der Waals surface area contributed by atoms with Gasteiger partial charge in [0.25, 0.3) is 0 Å². The fourth-order valence-corrected chi connectivity index (χ4v) is 4.49. The summed E-state index contributed by atoms with van der Waals surface area (Å²) in [5, 5.41) is 12.2. The van der Waals surface area contributed by atoms with Crippen LogP contribution in [0.25, 0.3) is 10.4 Å². The van der Waals surface area contributed by atoms with Crippen molar-refractivity contribution >= 4 is 12.2 Å². The molecule has 3 heterocycles. The molecule has 4 aliphatic rings. The second-order valence-corrected chi connectivity index (χ2v) is 13.4. The Bertz CT molecular complexity index is 1120. The minimum Gasteiger partial charge on any atom is -0.444 e. The third kappa shape index (κ3) is 11.8. The Labute approximate surface area is 250 Å². The summed E-state index contributed by atoms with van der Waals surface area (Å²) in [4.78, 5) is 29.9. The Morgan fingerprint density at radius 3 is 1.79 bits per heavy atom. The number of likely N-dealkylation sites (tertiary alicyclic amines) is 2. The second-order valence-electron chi connectivity index (χ2n) is 13.4. The van der Waals surface area contributed by atoms with Crippen LogP contribution in [0.15, 0.2) is 11.3 Å². The van der Waals surface area contributed by atoms with Crippen LogP contribution in [-0.2, 0) is 9.47 Å². The van der Waals surface area contributed by atoms with Gasteiger partial charge in [0, 0.05) is 55.2 Å². The molecule has 12 heteroatoms. The zero-order valence-corrected chi connectivity index (χ0v) is 26.2. The van der Waals surface area contributed by atoms with Crippen molar-refractivity contribution in [3.63, 3.8) is 0 Å². The third-order valence-corrected chi connectivity index (χ3v) is 7.16. The van der Waals surface area contributed by atoms with Crippen LogP contribution < -0.4 is 0 Å². The van der Waals surface area contributed by atoms with E-state index in [1.165, 1.54) is 25.7 Å². The van der Waals surface area contributed by atoms with Gasteiger partial charge in [-0.25, -0.2) is 14.3 Å². The topological polar surface area (TPSA) is 139 Å². The highest BCUT2D eigenvalue weighted by molar-refractivity contribution is 5.68. The van der Waals surface area contributed by atoms with Gasteiger partial charge in [-0.2, -0.15) is 0 Å². The standard InChI is InChI=1S/C15H24N4O2.C10H18N4O2.C5H6/c1-15(2,3)21-14(20)18-8-6-12(7-9-18)19-10-13(16-17-19)11-4-5-11;1-10(2,3)16-9(15)14-6-4-8(5-7-14)12-13-11;1-2-5-3-4-5/h10-12H,4-9H2,1-3H3;8H,4-7H2,1-3H3;1,5H,3-4H2. The number of azide groups is 1. The molecule has 232 valence electrons. The molecule has 5 rings (SSSR count). The number of ether oxygens (including phenoxy) is 2. The van der Waals surface area contributed by atoms with E-state index in [1.54, 1.807) is 9.80 Å². The van der Waals surface area contributed by atoms with Crippen molar-refractivity contribution in [3.05, 3.63) is 22.3 Å². The minimum atomic E-state index is -0.460. The van der Waals surface area contributed by atoms with Crippen LogP contribution in [-0.4, -0.2) is 80.4 Å². The lowest BCUT2D eigenvalue weighted by Crippen LogP contribution is -2.42. The van der Waals surface area contributed by atoms with E-state index in [2.05, 4.69) is 32.5 Å². The molecule has 0 atom stereocenters. The highest BCUT2D eigenvalue weighted by Gasteiger charge is 2.31. The normalized spacial score (nSPS) is 19.6. The largest absolute Gasteiger partial charge is 0.444 e. The first-order valence-corrected chi connectivity index (χ1v) is 15.2. The summed E-state index contributed by atoms with van der Waals surface area (Å²) in [5.74, 6) is 3.94. The van der Waals surface area contributed by atoms with E-state index in [-0.39, 0.29) is 18.2 Å². The van der Waals surface area contributed by atoms with E-state index in [9.17, 15) is 9.59 Å². The summed E-state index contributed by atoms with van der Waals surface area (Å²) < 4.78 is 12.7. The van der Waals surface area contributed by atoms with Crippen molar-refractivity contribution in [1.82, 2.24) is 24.8 Å². The molecule has 42 heavy (non-hydrogen) atoms. The number of hydrogen-bond donors (Lipinski definition) is 0. The summed E-state index contributed by atoms with van der Waals surface area (Å²) in [5.41, 5.74) is 8.54. The van der Waals surface area contributed by atoms with Gasteiger partial charge in [-0.3, -0.25) is 0 Å². The molecule has 4 fully saturated rings. The molecule has 0 spiro atoms. The maximum absolute atomic E-state index is 12.0. The van der Waals surface area contributed by atoms with Crippen LogP contribution in [0.3, 0.4) is 0 Å². The maximum atomic E-state index is 12.0. The van der Waals surface area contributed by atoms with Crippen molar-refractivity contribution in [2.45, 2.75) is 122 Å². The first kappa shape index (κ1) is 33.1. The summed E-state index contributed by atoms with van der Waals surface area (Å²) in [6.45, 7) is 13.9. The molecular weight excluding hydrogens is 536 g/mol. The fourth-order valence-electron chi connectivity index (χ4n) is 4.49. The van der Waals surface area contributed by atoms with Crippen LogP contribution in [0.5, 0.6) is 0 Å². The molecule has 2 aliphatic heterocycles. The molecule has 2 amide bonds. The third-order valence-electron chi connectivity index (χ3n) is 7.16. The van der Waals surface area contributed by atoms with Crippen LogP contribution >= 0.6 is 0 Å². The number of terminal acetylenes is 1. The fraction of sp³-hybridized carbons (Fsp3) is 0.800. The molecule has 1 aromatic heterocycles. The smallest absolute Gasteiger partial charge is 0.410 e. The zero-order valence-electron chi connectivity index (χ0n) is 26.2. The molecule has 0 radical (unpaired) electrons. The van der Waals surface area contributed by atoms with Crippen molar-refractivity contribution < 1.29 is 19.1 Å². The number of amides is 2. The van der Waals surface area contributed by atoms with Crippen molar-refractivity contribution in [3.8, 4) is 12.3 Å². The van der Waals surface area contributed by atoms with Crippen LogP contribution in [0, 0.1) is 18.3 Å². The number of rotatable bonds is 3. The highest BCUT2D eigenvalue weighted by atomic mass is 16.6. The second kappa shape index (κ2) is 14.6. The Morgan fingerprint density at radius 2 is 1.40 bits per heavy atom. The molecule has 0 bridgehead atoms. The molecular formula is C30H48N8O4. The zero-order chi connectivity index (χ0) is 30.9. The number of carbonyl (C=O) groups is 2. The van der Waals surface area contributed by atoms with E-state index in [0.29, 0.717) is 43.8 Å². The lowest BCUT2D eigenvalue weighted by atomic mass is 10.1. The Hall–Kier alpha value is -3.45. The Kier molecular flexibility index (Phi) is 11.5. The number of piperidine rings is 2. The average molecular weight is 585 g/mol.